The van der Waals surface area contributed by atoms with Crippen molar-refractivity contribution in [3.8, 4) is 0 Å². The number of nitrogens with one attached hydrogen (secondary N) is 2. The number of carbonyl (C=O) groups excluding carboxylic acids is 1. The number of imidazole rings is 1. The summed E-state index contributed by atoms with van der Waals surface area (Å²) in [6, 6.07) is 0.874. The number of fused-ring (bicyclic) bond motifs is 3. The van der Waals surface area contributed by atoms with Gasteiger partial charge in [0.15, 0.2) is 5.65 Å². The molecule has 4 rings (SSSR count). The molecule has 6 heteroatoms. The number of aromatic nitrogens is 3. The Morgan fingerprint density at radius 1 is 1.42 bits per heavy atom. The summed E-state index contributed by atoms with van der Waals surface area (Å²) in [4.78, 5) is 20.5. The van der Waals surface area contributed by atoms with E-state index in [0.717, 1.165) is 18.6 Å². The maximum atomic E-state index is 12.2. The second-order valence-electron chi connectivity index (χ2n) is 5.38. The Hall–Kier alpha value is -1.95. The third kappa shape index (κ3) is 1.79. The third-order valence-electron chi connectivity index (χ3n) is 4.19. The zero-order valence-electron chi connectivity index (χ0n) is 10.4. The summed E-state index contributed by atoms with van der Waals surface area (Å²) < 4.78 is 1.81. The normalized spacial score (nSPS) is 28.9. The summed E-state index contributed by atoms with van der Waals surface area (Å²) in [5.41, 5.74) is 1.20. The molecule has 2 N–H and O–H groups in total. The molecule has 2 aliphatic rings. The summed E-state index contributed by atoms with van der Waals surface area (Å²) >= 11 is 0. The molecule has 1 aliphatic heterocycles. The summed E-state index contributed by atoms with van der Waals surface area (Å²) in [5, 5.41) is 6.55. The van der Waals surface area contributed by atoms with Crippen LogP contribution in [0.5, 0.6) is 0 Å². The number of rotatable bonds is 2. The lowest BCUT2D eigenvalue weighted by molar-refractivity contribution is 0.0919. The first-order chi connectivity index (χ1) is 9.29. The van der Waals surface area contributed by atoms with Crippen molar-refractivity contribution in [3.05, 3.63) is 30.5 Å². The van der Waals surface area contributed by atoms with E-state index in [4.69, 9.17) is 0 Å². The van der Waals surface area contributed by atoms with Crippen LogP contribution < -0.4 is 10.6 Å². The van der Waals surface area contributed by atoms with Crippen molar-refractivity contribution in [2.75, 3.05) is 6.54 Å². The number of piperidine rings is 1. The number of carbonyl (C=O) groups is 1. The lowest BCUT2D eigenvalue weighted by atomic mass is 10.0. The number of hydrogen-bond acceptors (Lipinski definition) is 4. The van der Waals surface area contributed by atoms with Crippen LogP contribution in [0.3, 0.4) is 0 Å². The van der Waals surface area contributed by atoms with Gasteiger partial charge in [0.25, 0.3) is 5.91 Å². The maximum absolute atomic E-state index is 12.2. The van der Waals surface area contributed by atoms with Crippen molar-refractivity contribution in [3.63, 3.8) is 0 Å². The second kappa shape index (κ2) is 4.03. The van der Waals surface area contributed by atoms with Crippen LogP contribution in [0.1, 0.15) is 23.3 Å². The minimum Gasteiger partial charge on any atom is -0.348 e. The summed E-state index contributed by atoms with van der Waals surface area (Å²) in [7, 11) is 0. The zero-order valence-corrected chi connectivity index (χ0v) is 10.4. The predicted molar refractivity (Wildman–Crippen MR) is 68.8 cm³/mol. The van der Waals surface area contributed by atoms with Crippen LogP contribution in [0, 0.1) is 5.92 Å². The minimum atomic E-state index is -0.0897. The molecule has 3 atom stereocenters. The van der Waals surface area contributed by atoms with Crippen LogP contribution in [0.25, 0.3) is 5.65 Å². The quantitative estimate of drug-likeness (QED) is 0.807. The Morgan fingerprint density at radius 3 is 3.16 bits per heavy atom. The third-order valence-corrected chi connectivity index (χ3v) is 4.19. The van der Waals surface area contributed by atoms with Crippen LogP contribution in [0.2, 0.25) is 0 Å². The van der Waals surface area contributed by atoms with E-state index in [9.17, 15) is 4.79 Å². The van der Waals surface area contributed by atoms with Crippen molar-refractivity contribution in [2.45, 2.75) is 24.9 Å². The largest absolute Gasteiger partial charge is 0.348 e. The fourth-order valence-corrected chi connectivity index (χ4v) is 3.20. The molecule has 1 amide bonds. The fraction of sp³-hybridized carbons (Fsp3) is 0.462. The van der Waals surface area contributed by atoms with Crippen LogP contribution in [-0.2, 0) is 0 Å². The van der Waals surface area contributed by atoms with E-state index in [2.05, 4.69) is 20.6 Å². The van der Waals surface area contributed by atoms with Gasteiger partial charge in [0.1, 0.15) is 5.69 Å². The Morgan fingerprint density at radius 2 is 2.37 bits per heavy atom. The molecule has 1 saturated carbocycles. The maximum Gasteiger partial charge on any atom is 0.271 e. The Balaban J connectivity index is 1.53. The molecular weight excluding hydrogens is 242 g/mol. The summed E-state index contributed by atoms with van der Waals surface area (Å²) in [5.74, 6) is 0.485. The smallest absolute Gasteiger partial charge is 0.271 e. The fourth-order valence-electron chi connectivity index (χ4n) is 3.20. The van der Waals surface area contributed by atoms with Gasteiger partial charge in [0.2, 0.25) is 0 Å². The molecule has 0 spiro atoms. The first kappa shape index (κ1) is 10.9. The van der Waals surface area contributed by atoms with Crippen LogP contribution in [0.15, 0.2) is 24.8 Å². The molecule has 1 aliphatic carbocycles. The van der Waals surface area contributed by atoms with E-state index < -0.39 is 0 Å². The van der Waals surface area contributed by atoms with Crippen molar-refractivity contribution in [1.82, 2.24) is 25.0 Å². The highest BCUT2D eigenvalue weighted by atomic mass is 16.2. The van der Waals surface area contributed by atoms with Crippen molar-refractivity contribution in [1.29, 1.82) is 0 Å². The van der Waals surface area contributed by atoms with Gasteiger partial charge in [-0.25, -0.2) is 9.97 Å². The van der Waals surface area contributed by atoms with Gasteiger partial charge in [-0.3, -0.25) is 4.79 Å². The standard InChI is InChI=1S/C13H15N5O/c19-13(17-10-4-9-3-8(10)5-15-9)11-7-18-2-1-14-12(18)6-16-11/h1-2,6-10,15H,3-5H2,(H,17,19)/t8-,9-,10+/m1/s1. The summed E-state index contributed by atoms with van der Waals surface area (Å²) in [6.07, 6.45) is 9.07. The SMILES string of the molecule is O=C(N[C@H]1C[C@H]2C[C@@H]1CN2)c1cn2ccnc2cn1. The van der Waals surface area contributed by atoms with Crippen LogP contribution >= 0.6 is 0 Å². The highest BCUT2D eigenvalue weighted by Gasteiger charge is 2.40. The molecule has 2 aromatic rings. The molecule has 98 valence electrons. The van der Waals surface area contributed by atoms with E-state index in [1.165, 1.54) is 6.42 Å². The molecule has 0 radical (unpaired) electrons. The molecule has 0 unspecified atom stereocenters. The molecule has 6 nitrogen and oxygen atoms in total. The van der Waals surface area contributed by atoms with E-state index in [1.807, 2.05) is 10.6 Å². The predicted octanol–water partition coefficient (Wildman–Crippen LogP) is 0.209. The van der Waals surface area contributed by atoms with E-state index in [-0.39, 0.29) is 5.91 Å². The average Bonchev–Trinajstić information content (AvgIpc) is 3.13. The molecule has 1 saturated heterocycles. The molecular formula is C13H15N5O. The highest BCUT2D eigenvalue weighted by molar-refractivity contribution is 5.92. The van der Waals surface area contributed by atoms with Crippen molar-refractivity contribution < 1.29 is 4.79 Å². The van der Waals surface area contributed by atoms with Gasteiger partial charge in [0, 0.05) is 37.2 Å². The lowest BCUT2D eigenvalue weighted by Crippen LogP contribution is -2.44. The van der Waals surface area contributed by atoms with Crippen LogP contribution in [-0.4, -0.2) is 38.9 Å². The minimum absolute atomic E-state index is 0.0897. The van der Waals surface area contributed by atoms with Crippen LogP contribution in [0.4, 0.5) is 0 Å². The number of nitrogens with zero attached hydrogens (tertiary/aromatic N) is 3. The molecule has 2 bridgehead atoms. The molecule has 0 aromatic carbocycles. The van der Waals surface area contributed by atoms with Gasteiger partial charge in [-0.05, 0) is 18.8 Å². The van der Waals surface area contributed by atoms with Gasteiger partial charge in [0.05, 0.1) is 6.20 Å². The zero-order chi connectivity index (χ0) is 12.8. The van der Waals surface area contributed by atoms with E-state index in [1.54, 1.807) is 18.6 Å². The molecule has 2 aromatic heterocycles. The van der Waals surface area contributed by atoms with E-state index >= 15 is 0 Å². The first-order valence-electron chi connectivity index (χ1n) is 6.62. The monoisotopic (exact) mass is 257 g/mol. The van der Waals surface area contributed by atoms with Gasteiger partial charge in [-0.15, -0.1) is 0 Å². The summed E-state index contributed by atoms with van der Waals surface area (Å²) in [6.45, 7) is 1.02. The Labute approximate surface area is 110 Å². The molecule has 2 fully saturated rings. The Kier molecular flexibility index (Phi) is 2.32. The first-order valence-corrected chi connectivity index (χ1v) is 6.62. The molecule has 3 heterocycles. The van der Waals surface area contributed by atoms with Gasteiger partial charge in [-0.1, -0.05) is 0 Å². The highest BCUT2D eigenvalue weighted by Crippen LogP contribution is 2.31. The van der Waals surface area contributed by atoms with Gasteiger partial charge >= 0.3 is 0 Å². The van der Waals surface area contributed by atoms with Crippen molar-refractivity contribution in [2.24, 2.45) is 5.92 Å². The molecule has 19 heavy (non-hydrogen) atoms. The number of amides is 1. The van der Waals surface area contributed by atoms with Crippen molar-refractivity contribution >= 4 is 11.6 Å². The average molecular weight is 257 g/mol. The Bertz CT molecular complexity index is 637. The van der Waals surface area contributed by atoms with Gasteiger partial charge in [-0.2, -0.15) is 0 Å². The topological polar surface area (TPSA) is 71.3 Å². The second-order valence-corrected chi connectivity index (χ2v) is 5.38. The van der Waals surface area contributed by atoms with E-state index in [0.29, 0.717) is 23.7 Å². The lowest BCUT2D eigenvalue weighted by Gasteiger charge is -2.23. The number of hydrogen-bond donors (Lipinski definition) is 2. The van der Waals surface area contributed by atoms with Gasteiger partial charge < -0.3 is 15.0 Å².